The number of hydrazine groups is 1. The molecule has 0 heterocycles. The molecule has 0 aromatic heterocycles. The van der Waals surface area contributed by atoms with Crippen molar-refractivity contribution in [3.8, 4) is 0 Å². The molecule has 1 fully saturated rings. The summed E-state index contributed by atoms with van der Waals surface area (Å²) in [4.78, 5) is 0. The minimum atomic E-state index is 0.0450. The van der Waals surface area contributed by atoms with Gasteiger partial charge in [-0.2, -0.15) is 0 Å². The molecular formula is C16H20N2O. The molecule has 1 saturated carbocycles. The zero-order valence-corrected chi connectivity index (χ0v) is 11.2. The molecule has 2 unspecified atom stereocenters. The van der Waals surface area contributed by atoms with Crippen molar-refractivity contribution in [3.05, 3.63) is 48.0 Å². The van der Waals surface area contributed by atoms with Crippen molar-refractivity contribution in [3.63, 3.8) is 0 Å². The molecule has 0 saturated heterocycles. The van der Waals surface area contributed by atoms with Gasteiger partial charge in [-0.05, 0) is 35.1 Å². The third-order valence-corrected chi connectivity index (χ3v) is 4.03. The highest BCUT2D eigenvalue weighted by Crippen LogP contribution is 2.40. The number of benzene rings is 2. The lowest BCUT2D eigenvalue weighted by molar-refractivity contribution is 0.0511. The Balaban J connectivity index is 2.05. The zero-order chi connectivity index (χ0) is 13.2. The van der Waals surface area contributed by atoms with Crippen molar-refractivity contribution in [2.24, 2.45) is 11.8 Å². The van der Waals surface area contributed by atoms with E-state index in [1.54, 1.807) is 7.11 Å². The van der Waals surface area contributed by atoms with E-state index in [4.69, 9.17) is 10.6 Å². The zero-order valence-electron chi connectivity index (χ0n) is 11.2. The monoisotopic (exact) mass is 256 g/mol. The second-order valence-corrected chi connectivity index (χ2v) is 5.25. The van der Waals surface area contributed by atoms with E-state index in [1.165, 1.54) is 29.2 Å². The molecule has 0 radical (unpaired) electrons. The summed E-state index contributed by atoms with van der Waals surface area (Å²) in [7, 11) is 1.78. The lowest BCUT2D eigenvalue weighted by atomic mass is 9.93. The molecule has 0 bridgehead atoms. The number of nitrogens with one attached hydrogen (secondary N) is 1. The van der Waals surface area contributed by atoms with Gasteiger partial charge in [-0.15, -0.1) is 0 Å². The topological polar surface area (TPSA) is 47.3 Å². The number of nitrogens with two attached hydrogens (primary N) is 1. The first-order valence-corrected chi connectivity index (χ1v) is 6.81. The Labute approximate surface area is 113 Å². The van der Waals surface area contributed by atoms with E-state index in [-0.39, 0.29) is 12.1 Å². The van der Waals surface area contributed by atoms with Crippen LogP contribution in [0.15, 0.2) is 42.5 Å². The first kappa shape index (κ1) is 12.6. The van der Waals surface area contributed by atoms with Crippen LogP contribution in [0.1, 0.15) is 24.4 Å². The fourth-order valence-electron chi connectivity index (χ4n) is 2.91. The van der Waals surface area contributed by atoms with E-state index >= 15 is 0 Å². The van der Waals surface area contributed by atoms with Gasteiger partial charge < -0.3 is 4.74 Å². The Hall–Kier alpha value is -1.42. The minimum Gasteiger partial charge on any atom is -0.379 e. The lowest BCUT2D eigenvalue weighted by Gasteiger charge is -2.26. The molecule has 19 heavy (non-hydrogen) atoms. The van der Waals surface area contributed by atoms with Crippen LogP contribution in [0.3, 0.4) is 0 Å². The van der Waals surface area contributed by atoms with Crippen LogP contribution in [-0.4, -0.2) is 13.2 Å². The minimum absolute atomic E-state index is 0.0450. The molecule has 0 amide bonds. The van der Waals surface area contributed by atoms with E-state index < -0.39 is 0 Å². The summed E-state index contributed by atoms with van der Waals surface area (Å²) < 4.78 is 5.69. The van der Waals surface area contributed by atoms with Crippen LogP contribution in [0, 0.1) is 5.92 Å². The number of methoxy groups -OCH3 is 1. The van der Waals surface area contributed by atoms with Gasteiger partial charge in [-0.1, -0.05) is 42.5 Å². The molecule has 3 N–H and O–H groups in total. The summed E-state index contributed by atoms with van der Waals surface area (Å²) in [5, 5.41) is 2.49. The second kappa shape index (κ2) is 5.29. The van der Waals surface area contributed by atoms with Crippen LogP contribution >= 0.6 is 0 Å². The highest BCUT2D eigenvalue weighted by Gasteiger charge is 2.37. The highest BCUT2D eigenvalue weighted by atomic mass is 16.5. The standard InChI is InChI=1S/C16H20N2O/c1-19-16(12-9-10-12)15(18-17)14-8-4-6-11-5-2-3-7-13(11)14/h2-8,12,15-16,18H,9-10,17H2,1H3. The van der Waals surface area contributed by atoms with E-state index in [0.29, 0.717) is 5.92 Å². The van der Waals surface area contributed by atoms with Crippen molar-refractivity contribution >= 4 is 10.8 Å². The molecule has 1 aliphatic carbocycles. The molecule has 1 aliphatic rings. The van der Waals surface area contributed by atoms with Crippen LogP contribution in [-0.2, 0) is 4.74 Å². The predicted octanol–water partition coefficient (Wildman–Crippen LogP) is 2.77. The fourth-order valence-corrected chi connectivity index (χ4v) is 2.91. The molecule has 0 aliphatic heterocycles. The Morgan fingerprint density at radius 2 is 1.89 bits per heavy atom. The van der Waals surface area contributed by atoms with Gasteiger partial charge in [-0.3, -0.25) is 11.3 Å². The van der Waals surface area contributed by atoms with Gasteiger partial charge in [0, 0.05) is 7.11 Å². The molecule has 2 atom stereocenters. The van der Waals surface area contributed by atoms with Gasteiger partial charge >= 0.3 is 0 Å². The average molecular weight is 256 g/mol. The Kier molecular flexibility index (Phi) is 3.51. The van der Waals surface area contributed by atoms with Crippen LogP contribution in [0.2, 0.25) is 0 Å². The second-order valence-electron chi connectivity index (χ2n) is 5.25. The normalized spacial score (nSPS) is 18.4. The molecule has 3 rings (SSSR count). The molecular weight excluding hydrogens is 236 g/mol. The van der Waals surface area contributed by atoms with Crippen LogP contribution in [0.25, 0.3) is 10.8 Å². The van der Waals surface area contributed by atoms with Crippen LogP contribution < -0.4 is 11.3 Å². The number of hydrogen-bond donors (Lipinski definition) is 2. The van der Waals surface area contributed by atoms with Crippen molar-refractivity contribution in [1.29, 1.82) is 0 Å². The largest absolute Gasteiger partial charge is 0.379 e. The molecule has 2 aromatic rings. The third-order valence-electron chi connectivity index (χ3n) is 4.03. The molecule has 2 aromatic carbocycles. The van der Waals surface area contributed by atoms with Crippen molar-refractivity contribution in [2.75, 3.05) is 7.11 Å². The smallest absolute Gasteiger partial charge is 0.0807 e. The van der Waals surface area contributed by atoms with E-state index in [2.05, 4.69) is 47.9 Å². The van der Waals surface area contributed by atoms with E-state index in [0.717, 1.165) is 0 Å². The number of fused-ring (bicyclic) bond motifs is 1. The number of ether oxygens (including phenoxy) is 1. The lowest BCUT2D eigenvalue weighted by Crippen LogP contribution is -2.38. The molecule has 100 valence electrons. The van der Waals surface area contributed by atoms with Crippen molar-refractivity contribution in [1.82, 2.24) is 5.43 Å². The summed E-state index contributed by atoms with van der Waals surface area (Å²) in [6.07, 6.45) is 2.62. The van der Waals surface area contributed by atoms with Gasteiger partial charge in [0.05, 0.1) is 12.1 Å². The quantitative estimate of drug-likeness (QED) is 0.639. The van der Waals surface area contributed by atoms with E-state index in [1.807, 2.05) is 0 Å². The van der Waals surface area contributed by atoms with Crippen molar-refractivity contribution < 1.29 is 4.74 Å². The maximum Gasteiger partial charge on any atom is 0.0807 e. The summed E-state index contributed by atoms with van der Waals surface area (Å²) in [5.41, 5.74) is 4.18. The maximum absolute atomic E-state index is 5.81. The van der Waals surface area contributed by atoms with Gasteiger partial charge in [0.25, 0.3) is 0 Å². The van der Waals surface area contributed by atoms with E-state index in [9.17, 15) is 0 Å². The van der Waals surface area contributed by atoms with Crippen LogP contribution in [0.5, 0.6) is 0 Å². The highest BCUT2D eigenvalue weighted by molar-refractivity contribution is 5.86. The summed E-state index contributed by atoms with van der Waals surface area (Å²) >= 11 is 0. The maximum atomic E-state index is 5.81. The molecule has 3 heteroatoms. The van der Waals surface area contributed by atoms with Crippen molar-refractivity contribution in [2.45, 2.75) is 25.0 Å². The Morgan fingerprint density at radius 1 is 1.16 bits per heavy atom. The summed E-state index contributed by atoms with van der Waals surface area (Å²) in [6, 6.07) is 14.8. The van der Waals surface area contributed by atoms with Crippen LogP contribution in [0.4, 0.5) is 0 Å². The predicted molar refractivity (Wildman–Crippen MR) is 77.5 cm³/mol. The fraction of sp³-hybridized carbons (Fsp3) is 0.375. The van der Waals surface area contributed by atoms with Gasteiger partial charge in [-0.25, -0.2) is 0 Å². The summed E-state index contributed by atoms with van der Waals surface area (Å²) in [6.45, 7) is 0. The summed E-state index contributed by atoms with van der Waals surface area (Å²) in [5.74, 6) is 6.44. The molecule has 3 nitrogen and oxygen atoms in total. The van der Waals surface area contributed by atoms with Gasteiger partial charge in [0.1, 0.15) is 0 Å². The Morgan fingerprint density at radius 3 is 2.58 bits per heavy atom. The number of rotatable bonds is 5. The average Bonchev–Trinajstić information content (AvgIpc) is 3.29. The molecule has 0 spiro atoms. The van der Waals surface area contributed by atoms with Gasteiger partial charge in [0.15, 0.2) is 0 Å². The SMILES string of the molecule is COC(C1CC1)C(NN)c1cccc2ccccc12. The first-order chi connectivity index (χ1) is 9.35. The Bertz CT molecular complexity index is 560. The first-order valence-electron chi connectivity index (χ1n) is 6.81. The number of hydrogen-bond acceptors (Lipinski definition) is 3. The van der Waals surface area contributed by atoms with Gasteiger partial charge in [0.2, 0.25) is 0 Å². The third kappa shape index (κ3) is 2.37.